The normalized spacial score (nSPS) is 14.8. The van der Waals surface area contributed by atoms with Crippen LogP contribution in [0.5, 0.6) is 0 Å². The van der Waals surface area contributed by atoms with Crippen LogP contribution in [0, 0.1) is 11.7 Å². The van der Waals surface area contributed by atoms with Crippen molar-refractivity contribution in [2.24, 2.45) is 11.7 Å². The van der Waals surface area contributed by atoms with Gasteiger partial charge in [-0.15, -0.1) is 0 Å². The molecular weight excluding hydrogens is 264 g/mol. The largest absolute Gasteiger partial charge is 0.412 e. The van der Waals surface area contributed by atoms with Crippen LogP contribution in [0.2, 0.25) is 0 Å². The summed E-state index contributed by atoms with van der Waals surface area (Å²) in [6, 6.07) is 1.62. The molecule has 1 aromatic rings. The average Bonchev–Trinajstić information content (AvgIpc) is 2.34. The molecule has 3 nitrogen and oxygen atoms in total. The number of carbonyl (C=O) groups is 1. The standard InChI is InChI=1S/C12H14F4N2O/c1-7(6-17)11(19)18-10(12(14,15)16)8-2-4-9(13)5-3-8/h2-5,7,10H,6,17H2,1H3,(H,18,19). The predicted molar refractivity (Wildman–Crippen MR) is 61.6 cm³/mol. The summed E-state index contributed by atoms with van der Waals surface area (Å²) >= 11 is 0. The highest BCUT2D eigenvalue weighted by Gasteiger charge is 2.42. The van der Waals surface area contributed by atoms with Crippen LogP contribution in [0.15, 0.2) is 24.3 Å². The van der Waals surface area contributed by atoms with Gasteiger partial charge in [0.1, 0.15) is 5.82 Å². The Balaban J connectivity index is 2.97. The zero-order chi connectivity index (χ0) is 14.6. The lowest BCUT2D eigenvalue weighted by molar-refractivity contribution is -0.164. The van der Waals surface area contributed by atoms with Crippen LogP contribution in [0.1, 0.15) is 18.5 Å². The Labute approximate surface area is 107 Å². The monoisotopic (exact) mass is 278 g/mol. The fourth-order valence-electron chi connectivity index (χ4n) is 1.40. The first kappa shape index (κ1) is 15.4. The van der Waals surface area contributed by atoms with Gasteiger partial charge in [0.25, 0.3) is 0 Å². The molecule has 0 aliphatic heterocycles. The van der Waals surface area contributed by atoms with Crippen molar-refractivity contribution in [2.75, 3.05) is 6.54 Å². The molecule has 19 heavy (non-hydrogen) atoms. The second kappa shape index (κ2) is 6.01. The van der Waals surface area contributed by atoms with Crippen LogP contribution >= 0.6 is 0 Å². The van der Waals surface area contributed by atoms with Crippen LogP contribution in [0.3, 0.4) is 0 Å². The van der Waals surface area contributed by atoms with E-state index in [0.29, 0.717) is 0 Å². The van der Waals surface area contributed by atoms with Gasteiger partial charge in [0.2, 0.25) is 5.91 Å². The molecule has 0 saturated heterocycles. The molecule has 1 rings (SSSR count). The van der Waals surface area contributed by atoms with Gasteiger partial charge in [0, 0.05) is 12.5 Å². The third kappa shape index (κ3) is 4.20. The smallest absolute Gasteiger partial charge is 0.341 e. The van der Waals surface area contributed by atoms with Crippen molar-refractivity contribution in [3.63, 3.8) is 0 Å². The molecule has 7 heteroatoms. The SMILES string of the molecule is CC(CN)C(=O)NC(c1ccc(F)cc1)C(F)(F)F. The topological polar surface area (TPSA) is 55.1 Å². The maximum Gasteiger partial charge on any atom is 0.412 e. The molecule has 0 bridgehead atoms. The van der Waals surface area contributed by atoms with E-state index in [4.69, 9.17) is 5.73 Å². The van der Waals surface area contributed by atoms with Gasteiger partial charge in [-0.25, -0.2) is 4.39 Å². The van der Waals surface area contributed by atoms with Crippen molar-refractivity contribution in [3.8, 4) is 0 Å². The van der Waals surface area contributed by atoms with E-state index in [-0.39, 0.29) is 12.1 Å². The predicted octanol–water partition coefficient (Wildman–Crippen LogP) is 2.14. The summed E-state index contributed by atoms with van der Waals surface area (Å²) in [6.45, 7) is 1.37. The first-order valence-electron chi connectivity index (χ1n) is 5.58. The third-order valence-corrected chi connectivity index (χ3v) is 2.62. The van der Waals surface area contributed by atoms with Gasteiger partial charge >= 0.3 is 6.18 Å². The summed E-state index contributed by atoms with van der Waals surface area (Å²) in [5.41, 5.74) is 4.99. The highest BCUT2D eigenvalue weighted by Crippen LogP contribution is 2.32. The van der Waals surface area contributed by atoms with Crippen LogP contribution < -0.4 is 11.1 Å². The number of rotatable bonds is 4. The Bertz CT molecular complexity index is 430. The minimum Gasteiger partial charge on any atom is -0.341 e. The molecule has 0 aromatic heterocycles. The summed E-state index contributed by atoms with van der Waals surface area (Å²) in [6.07, 6.45) is -4.66. The minimum atomic E-state index is -4.66. The van der Waals surface area contributed by atoms with Gasteiger partial charge in [-0.3, -0.25) is 4.79 Å². The van der Waals surface area contributed by atoms with Crippen molar-refractivity contribution < 1.29 is 22.4 Å². The number of alkyl halides is 3. The fourth-order valence-corrected chi connectivity index (χ4v) is 1.40. The van der Waals surface area contributed by atoms with Crippen molar-refractivity contribution >= 4 is 5.91 Å². The zero-order valence-corrected chi connectivity index (χ0v) is 10.2. The summed E-state index contributed by atoms with van der Waals surface area (Å²) in [5, 5.41) is 1.88. The number of benzene rings is 1. The molecule has 0 spiro atoms. The van der Waals surface area contributed by atoms with E-state index in [2.05, 4.69) is 0 Å². The van der Waals surface area contributed by atoms with E-state index in [9.17, 15) is 22.4 Å². The fraction of sp³-hybridized carbons (Fsp3) is 0.417. The van der Waals surface area contributed by atoms with Crippen molar-refractivity contribution in [2.45, 2.75) is 19.1 Å². The quantitative estimate of drug-likeness (QED) is 0.829. The highest BCUT2D eigenvalue weighted by atomic mass is 19.4. The highest BCUT2D eigenvalue weighted by molar-refractivity contribution is 5.79. The van der Waals surface area contributed by atoms with E-state index < -0.39 is 29.9 Å². The number of hydrogen-bond acceptors (Lipinski definition) is 2. The second-order valence-corrected chi connectivity index (χ2v) is 4.17. The lowest BCUT2D eigenvalue weighted by Gasteiger charge is -2.23. The first-order valence-corrected chi connectivity index (χ1v) is 5.58. The number of hydrogen-bond donors (Lipinski definition) is 2. The maximum absolute atomic E-state index is 12.9. The molecule has 1 amide bonds. The molecule has 2 atom stereocenters. The van der Waals surface area contributed by atoms with Gasteiger partial charge in [-0.1, -0.05) is 19.1 Å². The van der Waals surface area contributed by atoms with Crippen molar-refractivity contribution in [1.29, 1.82) is 0 Å². The lowest BCUT2D eigenvalue weighted by atomic mass is 10.0. The van der Waals surface area contributed by atoms with E-state index in [1.165, 1.54) is 6.92 Å². The Hall–Kier alpha value is -1.63. The van der Waals surface area contributed by atoms with Gasteiger partial charge < -0.3 is 11.1 Å². The molecule has 106 valence electrons. The molecule has 3 N–H and O–H groups in total. The van der Waals surface area contributed by atoms with E-state index >= 15 is 0 Å². The number of amides is 1. The molecule has 0 aliphatic carbocycles. The Morgan fingerprint density at radius 3 is 2.26 bits per heavy atom. The van der Waals surface area contributed by atoms with Crippen LogP contribution in [0.4, 0.5) is 17.6 Å². The van der Waals surface area contributed by atoms with Crippen molar-refractivity contribution in [1.82, 2.24) is 5.32 Å². The van der Waals surface area contributed by atoms with Gasteiger partial charge in [-0.05, 0) is 17.7 Å². The van der Waals surface area contributed by atoms with Crippen LogP contribution in [-0.4, -0.2) is 18.6 Å². The zero-order valence-electron chi connectivity index (χ0n) is 10.2. The Morgan fingerprint density at radius 1 is 1.32 bits per heavy atom. The molecule has 1 aromatic carbocycles. The summed E-state index contributed by atoms with van der Waals surface area (Å²) < 4.78 is 51.4. The maximum atomic E-state index is 12.9. The van der Waals surface area contributed by atoms with E-state index in [1.807, 2.05) is 5.32 Å². The Morgan fingerprint density at radius 2 is 1.84 bits per heavy atom. The molecule has 0 saturated carbocycles. The second-order valence-electron chi connectivity index (χ2n) is 4.17. The van der Waals surface area contributed by atoms with Crippen LogP contribution in [-0.2, 0) is 4.79 Å². The number of halogens is 4. The number of carbonyl (C=O) groups excluding carboxylic acids is 1. The Kier molecular flexibility index (Phi) is 4.88. The number of nitrogens with two attached hydrogens (primary N) is 1. The molecule has 0 fully saturated rings. The lowest BCUT2D eigenvalue weighted by Crippen LogP contribution is -2.42. The summed E-state index contributed by atoms with van der Waals surface area (Å²) in [7, 11) is 0. The summed E-state index contributed by atoms with van der Waals surface area (Å²) in [5.74, 6) is -2.18. The molecule has 2 unspecified atom stereocenters. The third-order valence-electron chi connectivity index (χ3n) is 2.62. The molecule has 0 radical (unpaired) electrons. The van der Waals surface area contributed by atoms with E-state index in [1.54, 1.807) is 0 Å². The molecular formula is C12H14F4N2O. The van der Waals surface area contributed by atoms with Gasteiger partial charge in [0.15, 0.2) is 6.04 Å². The molecule has 0 heterocycles. The summed E-state index contributed by atoms with van der Waals surface area (Å²) in [4.78, 5) is 11.5. The minimum absolute atomic E-state index is 0.0557. The average molecular weight is 278 g/mol. The van der Waals surface area contributed by atoms with Gasteiger partial charge in [-0.2, -0.15) is 13.2 Å². The van der Waals surface area contributed by atoms with Crippen molar-refractivity contribution in [3.05, 3.63) is 35.6 Å². The van der Waals surface area contributed by atoms with E-state index in [0.717, 1.165) is 24.3 Å². The van der Waals surface area contributed by atoms with Crippen LogP contribution in [0.25, 0.3) is 0 Å². The number of nitrogens with one attached hydrogen (secondary N) is 1. The molecule has 0 aliphatic rings. The van der Waals surface area contributed by atoms with Gasteiger partial charge in [0.05, 0.1) is 0 Å². The first-order chi connectivity index (χ1) is 8.75.